The molecule has 1 aliphatic carbocycles. The van der Waals surface area contributed by atoms with Crippen molar-refractivity contribution in [3.63, 3.8) is 0 Å². The zero-order valence-corrected chi connectivity index (χ0v) is 17.0. The van der Waals surface area contributed by atoms with Gasteiger partial charge in [-0.25, -0.2) is 4.79 Å². The molecule has 142 valence electrons. The van der Waals surface area contributed by atoms with Crippen LogP contribution in [0.15, 0.2) is 36.4 Å². The summed E-state index contributed by atoms with van der Waals surface area (Å²) in [4.78, 5) is 14.4. The van der Waals surface area contributed by atoms with Gasteiger partial charge in [-0.1, -0.05) is 35.9 Å². The average Bonchev–Trinajstić information content (AvgIpc) is 3.23. The second-order valence-corrected chi connectivity index (χ2v) is 9.13. The number of nitrogens with zero attached hydrogens (tertiary/aromatic N) is 1. The maximum absolute atomic E-state index is 12.7. The third kappa shape index (κ3) is 4.07. The molecule has 1 aromatic rings. The van der Waals surface area contributed by atoms with Crippen LogP contribution in [0.5, 0.6) is 0 Å². The maximum atomic E-state index is 12.7. The Morgan fingerprint density at radius 1 is 1.27 bits per heavy atom. The third-order valence-corrected chi connectivity index (χ3v) is 5.21. The van der Waals surface area contributed by atoms with Crippen LogP contribution in [0, 0.1) is 0 Å². The third-order valence-electron chi connectivity index (χ3n) is 4.95. The van der Waals surface area contributed by atoms with Crippen molar-refractivity contribution in [3.8, 4) is 0 Å². The van der Waals surface area contributed by atoms with Gasteiger partial charge < -0.3 is 9.47 Å². The van der Waals surface area contributed by atoms with E-state index in [1.807, 2.05) is 46.8 Å². The predicted octanol–water partition coefficient (Wildman–Crippen LogP) is 5.30. The molecule has 3 rings (SSSR count). The molecule has 0 radical (unpaired) electrons. The largest absolute Gasteiger partial charge is 0.444 e. The Morgan fingerprint density at radius 3 is 2.42 bits per heavy atom. The van der Waals surface area contributed by atoms with E-state index < -0.39 is 11.3 Å². The predicted molar refractivity (Wildman–Crippen MR) is 103 cm³/mol. The van der Waals surface area contributed by atoms with Crippen LogP contribution in [0.1, 0.15) is 53.0 Å². The highest BCUT2D eigenvalue weighted by atomic mass is 35.5. The van der Waals surface area contributed by atoms with Gasteiger partial charge in [0.05, 0.1) is 12.6 Å². The Hall–Kier alpha value is -1.52. The van der Waals surface area contributed by atoms with E-state index in [9.17, 15) is 4.79 Å². The monoisotopic (exact) mass is 377 g/mol. The number of carbonyl (C=O) groups is 1. The highest BCUT2D eigenvalue weighted by Crippen LogP contribution is 2.50. The van der Waals surface area contributed by atoms with E-state index in [1.54, 1.807) is 4.90 Å². The van der Waals surface area contributed by atoms with Gasteiger partial charge in [-0.2, -0.15) is 0 Å². The fourth-order valence-corrected chi connectivity index (χ4v) is 3.53. The van der Waals surface area contributed by atoms with E-state index in [1.165, 1.54) is 5.56 Å². The lowest BCUT2D eigenvalue weighted by atomic mass is 9.95. The fourth-order valence-electron chi connectivity index (χ4n) is 3.40. The van der Waals surface area contributed by atoms with E-state index >= 15 is 0 Å². The molecule has 2 aliphatic rings. The van der Waals surface area contributed by atoms with Crippen molar-refractivity contribution in [2.45, 2.75) is 70.2 Å². The van der Waals surface area contributed by atoms with Gasteiger partial charge in [-0.3, -0.25) is 4.90 Å². The van der Waals surface area contributed by atoms with Gasteiger partial charge in [0.2, 0.25) is 0 Å². The number of halogens is 1. The molecule has 1 aliphatic heterocycles. The lowest BCUT2D eigenvalue weighted by Gasteiger charge is -2.34. The summed E-state index contributed by atoms with van der Waals surface area (Å²) >= 11 is 6.01. The van der Waals surface area contributed by atoms with E-state index in [0.29, 0.717) is 6.61 Å². The van der Waals surface area contributed by atoms with Crippen LogP contribution >= 0.6 is 11.6 Å². The molecule has 1 saturated carbocycles. The van der Waals surface area contributed by atoms with Gasteiger partial charge in [-0.05, 0) is 65.2 Å². The Morgan fingerprint density at radius 2 is 1.88 bits per heavy atom. The highest BCUT2D eigenvalue weighted by molar-refractivity contribution is 6.30. The zero-order chi connectivity index (χ0) is 19.2. The molecule has 1 amide bonds. The van der Waals surface area contributed by atoms with Crippen LogP contribution in [0.4, 0.5) is 4.79 Å². The Kier molecular flexibility index (Phi) is 4.87. The fraction of sp³-hybridized carbons (Fsp3) is 0.571. The molecule has 2 fully saturated rings. The first-order valence-electron chi connectivity index (χ1n) is 9.14. The van der Waals surface area contributed by atoms with Crippen LogP contribution < -0.4 is 0 Å². The van der Waals surface area contributed by atoms with Gasteiger partial charge in [0, 0.05) is 10.4 Å². The van der Waals surface area contributed by atoms with E-state index in [4.69, 9.17) is 21.1 Å². The summed E-state index contributed by atoms with van der Waals surface area (Å²) < 4.78 is 11.5. The van der Waals surface area contributed by atoms with Crippen LogP contribution in [0.2, 0.25) is 5.02 Å². The number of allylic oxidation sites excluding steroid dienone is 1. The first kappa shape index (κ1) is 19.2. The molecule has 0 spiro atoms. The van der Waals surface area contributed by atoms with Gasteiger partial charge in [0.1, 0.15) is 11.3 Å². The van der Waals surface area contributed by atoms with Gasteiger partial charge in [-0.15, -0.1) is 0 Å². The first-order valence-corrected chi connectivity index (χ1v) is 9.52. The summed E-state index contributed by atoms with van der Waals surface area (Å²) in [7, 11) is 0. The molecule has 0 unspecified atom stereocenters. The van der Waals surface area contributed by atoms with Crippen LogP contribution in [0.25, 0.3) is 0 Å². The first-order chi connectivity index (χ1) is 12.0. The van der Waals surface area contributed by atoms with Crippen molar-refractivity contribution in [1.82, 2.24) is 4.90 Å². The van der Waals surface area contributed by atoms with Crippen LogP contribution in [-0.2, 0) is 14.9 Å². The number of amides is 1. The average molecular weight is 378 g/mol. The summed E-state index contributed by atoms with van der Waals surface area (Å²) in [5, 5.41) is 0.746. The molecule has 1 saturated heterocycles. The molecule has 0 aromatic heterocycles. The Labute approximate surface area is 161 Å². The summed E-state index contributed by atoms with van der Waals surface area (Å²) in [6, 6.07) is 7.89. The number of carbonyl (C=O) groups excluding carboxylic acids is 1. The van der Waals surface area contributed by atoms with Crippen molar-refractivity contribution >= 4 is 17.7 Å². The minimum atomic E-state index is -0.686. The van der Waals surface area contributed by atoms with Crippen molar-refractivity contribution < 1.29 is 14.3 Å². The van der Waals surface area contributed by atoms with Crippen LogP contribution in [-0.4, -0.2) is 35.0 Å². The smallest absolute Gasteiger partial charge is 0.413 e. The highest BCUT2D eigenvalue weighted by Gasteiger charge is 2.46. The summed E-state index contributed by atoms with van der Waals surface area (Å²) in [6.07, 6.45) is 6.19. The second-order valence-electron chi connectivity index (χ2n) is 8.70. The van der Waals surface area contributed by atoms with Crippen molar-refractivity contribution in [3.05, 3.63) is 47.0 Å². The molecule has 26 heavy (non-hydrogen) atoms. The Bertz CT molecular complexity index is 699. The summed E-state index contributed by atoms with van der Waals surface area (Å²) in [5.41, 5.74) is 0.0937. The molecular weight excluding hydrogens is 350 g/mol. The molecule has 5 heteroatoms. The van der Waals surface area contributed by atoms with E-state index in [-0.39, 0.29) is 17.6 Å². The molecule has 0 N–H and O–H groups in total. The number of hydrogen-bond donors (Lipinski definition) is 0. The Balaban J connectivity index is 1.78. The summed E-state index contributed by atoms with van der Waals surface area (Å²) in [5.74, 6) is 0. The van der Waals surface area contributed by atoms with E-state index in [2.05, 4.69) is 24.3 Å². The molecule has 0 bridgehead atoms. The lowest BCUT2D eigenvalue weighted by molar-refractivity contribution is -0.0610. The topological polar surface area (TPSA) is 38.8 Å². The van der Waals surface area contributed by atoms with E-state index in [0.717, 1.165) is 17.9 Å². The van der Waals surface area contributed by atoms with Gasteiger partial charge >= 0.3 is 6.09 Å². The second kappa shape index (κ2) is 6.58. The van der Waals surface area contributed by atoms with Crippen molar-refractivity contribution in [1.29, 1.82) is 0 Å². The number of rotatable bonds is 3. The summed E-state index contributed by atoms with van der Waals surface area (Å²) in [6.45, 7) is 9.89. The normalized spacial score (nSPS) is 24.1. The SMILES string of the molecule is CC(C)(C)OC(=O)N1[C@@H](/C=C\C2(c3ccc(Cl)cc3)CC2)COC1(C)C. The van der Waals surface area contributed by atoms with Gasteiger partial charge in [0.15, 0.2) is 0 Å². The minimum Gasteiger partial charge on any atom is -0.444 e. The molecule has 1 aromatic carbocycles. The van der Waals surface area contributed by atoms with Crippen molar-refractivity contribution in [2.24, 2.45) is 0 Å². The van der Waals surface area contributed by atoms with Crippen molar-refractivity contribution in [2.75, 3.05) is 6.61 Å². The molecule has 1 atom stereocenters. The zero-order valence-electron chi connectivity index (χ0n) is 16.2. The number of hydrogen-bond acceptors (Lipinski definition) is 3. The molecule has 4 nitrogen and oxygen atoms in total. The maximum Gasteiger partial charge on any atom is 0.413 e. The quantitative estimate of drug-likeness (QED) is 0.671. The molecular formula is C21H28ClNO3. The standard InChI is InChI=1S/C21H28ClNO3/c1-19(2,3)26-18(24)23-17(14-25-20(23,4)5)10-11-21(12-13-21)15-6-8-16(22)9-7-15/h6-11,17H,12-14H2,1-5H3/b11-10-/t17-/m0/s1. The van der Waals surface area contributed by atoms with Crippen LogP contribution in [0.3, 0.4) is 0 Å². The van der Waals surface area contributed by atoms with Gasteiger partial charge in [0.25, 0.3) is 0 Å². The number of ether oxygens (including phenoxy) is 2. The lowest BCUT2D eigenvalue weighted by Crippen LogP contribution is -2.49. The minimum absolute atomic E-state index is 0.0525. The molecule has 1 heterocycles. The number of benzene rings is 1.